The first kappa shape index (κ1) is 25.8. The van der Waals surface area contributed by atoms with Crippen LogP contribution in [0.4, 0.5) is 4.39 Å². The van der Waals surface area contributed by atoms with Crippen molar-refractivity contribution in [3.05, 3.63) is 59.0 Å². The monoisotopic (exact) mass is 521 g/mol. The molecule has 2 aliphatic heterocycles. The normalized spacial score (nSPS) is 20.2. The van der Waals surface area contributed by atoms with Crippen LogP contribution in [-0.2, 0) is 11.3 Å². The number of methoxy groups -OCH3 is 1. The molecule has 200 valence electrons. The molecule has 10 heteroatoms. The molecule has 0 saturated carbocycles. The van der Waals surface area contributed by atoms with E-state index in [4.69, 9.17) is 4.74 Å². The number of hydrogen-bond acceptors (Lipinski definition) is 6. The fraction of sp³-hybridized carbons (Fsp3) is 0.429. The Morgan fingerprint density at radius 3 is 2.45 bits per heavy atom. The summed E-state index contributed by atoms with van der Waals surface area (Å²) in [5.41, 5.74) is 1.83. The molecule has 38 heavy (non-hydrogen) atoms. The summed E-state index contributed by atoms with van der Waals surface area (Å²) in [6.07, 6.45) is 3.25. The molecule has 2 aromatic heterocycles. The molecule has 1 unspecified atom stereocenters. The minimum atomic E-state index is -0.611. The van der Waals surface area contributed by atoms with E-state index in [9.17, 15) is 18.8 Å². The molecule has 0 radical (unpaired) electrons. The standard InChI is InChI=1S/C28H32FN5O4/c1-17-15-34(18(2)14-33(17)16-19-6-8-20(29)9-7-19)27(36)22-12-21-23(13-30-25(21)31-26(22)38-3)24(35)28(37)32-10-4-5-11-32/h6-9,12-13,17-18H,4-5,10-11,14-16H2,1-3H3,(H,30,31)/t17-,18?/m0/s1. The van der Waals surface area contributed by atoms with Gasteiger partial charge in [-0.05, 0) is 50.5 Å². The summed E-state index contributed by atoms with van der Waals surface area (Å²) in [4.78, 5) is 52.6. The van der Waals surface area contributed by atoms with Gasteiger partial charge in [-0.1, -0.05) is 12.1 Å². The second kappa shape index (κ2) is 10.5. The van der Waals surface area contributed by atoms with Crippen molar-refractivity contribution in [1.82, 2.24) is 24.7 Å². The van der Waals surface area contributed by atoms with E-state index in [-0.39, 0.29) is 40.8 Å². The molecule has 2 atom stereocenters. The largest absolute Gasteiger partial charge is 0.480 e. The molecule has 2 fully saturated rings. The molecular weight excluding hydrogens is 489 g/mol. The van der Waals surface area contributed by atoms with Crippen LogP contribution in [0.3, 0.4) is 0 Å². The second-order valence-corrected chi connectivity index (χ2v) is 10.2. The first-order valence-electron chi connectivity index (χ1n) is 13.0. The number of aromatic nitrogens is 2. The van der Waals surface area contributed by atoms with E-state index in [0.29, 0.717) is 43.8 Å². The number of rotatable bonds is 6. The number of nitrogens with zero attached hydrogens (tertiary/aromatic N) is 4. The number of piperazine rings is 1. The molecule has 0 spiro atoms. The van der Waals surface area contributed by atoms with Crippen LogP contribution < -0.4 is 4.74 Å². The fourth-order valence-corrected chi connectivity index (χ4v) is 5.39. The van der Waals surface area contributed by atoms with Crippen molar-refractivity contribution in [1.29, 1.82) is 0 Å². The molecule has 3 aromatic rings. The summed E-state index contributed by atoms with van der Waals surface area (Å²) in [5, 5.41) is 0.419. The first-order valence-corrected chi connectivity index (χ1v) is 13.0. The molecule has 9 nitrogen and oxygen atoms in total. The van der Waals surface area contributed by atoms with Crippen LogP contribution in [-0.4, -0.2) is 87.6 Å². The maximum atomic E-state index is 13.8. The van der Waals surface area contributed by atoms with E-state index >= 15 is 0 Å². The average molecular weight is 522 g/mol. The number of likely N-dealkylation sites (tertiary alicyclic amines) is 1. The Labute approximate surface area is 220 Å². The number of amides is 2. The summed E-state index contributed by atoms with van der Waals surface area (Å²) in [6.45, 7) is 6.97. The number of ketones is 1. The van der Waals surface area contributed by atoms with Crippen LogP contribution in [0.2, 0.25) is 0 Å². The Morgan fingerprint density at radius 2 is 1.76 bits per heavy atom. The van der Waals surface area contributed by atoms with Crippen molar-refractivity contribution in [2.75, 3.05) is 33.3 Å². The Bertz CT molecular complexity index is 1370. The molecule has 4 heterocycles. The average Bonchev–Trinajstić information content (AvgIpc) is 3.60. The summed E-state index contributed by atoms with van der Waals surface area (Å²) in [7, 11) is 1.45. The zero-order chi connectivity index (χ0) is 27.0. The zero-order valence-corrected chi connectivity index (χ0v) is 21.9. The van der Waals surface area contributed by atoms with Gasteiger partial charge in [-0.15, -0.1) is 0 Å². The van der Waals surface area contributed by atoms with Crippen molar-refractivity contribution < 1.29 is 23.5 Å². The molecule has 0 aliphatic carbocycles. The minimum Gasteiger partial charge on any atom is -0.480 e. The van der Waals surface area contributed by atoms with Gasteiger partial charge in [0.15, 0.2) is 0 Å². The molecule has 2 saturated heterocycles. The van der Waals surface area contributed by atoms with Gasteiger partial charge in [0, 0.05) is 56.4 Å². The molecule has 1 N–H and O–H groups in total. The third kappa shape index (κ3) is 4.88. The first-order chi connectivity index (χ1) is 18.3. The number of ether oxygens (including phenoxy) is 1. The van der Waals surface area contributed by atoms with E-state index < -0.39 is 11.7 Å². The lowest BCUT2D eigenvalue weighted by atomic mass is 10.0. The predicted molar refractivity (Wildman–Crippen MR) is 140 cm³/mol. The number of halogens is 1. The van der Waals surface area contributed by atoms with Crippen LogP contribution in [0.1, 0.15) is 53.0 Å². The number of nitrogens with one attached hydrogen (secondary N) is 1. The van der Waals surface area contributed by atoms with Crippen molar-refractivity contribution >= 4 is 28.6 Å². The Kier molecular flexibility index (Phi) is 7.16. The van der Waals surface area contributed by atoms with E-state index in [1.54, 1.807) is 28.0 Å². The van der Waals surface area contributed by atoms with Crippen molar-refractivity contribution in [3.63, 3.8) is 0 Å². The third-order valence-corrected chi connectivity index (χ3v) is 7.56. The van der Waals surface area contributed by atoms with E-state index in [0.717, 1.165) is 18.4 Å². The highest BCUT2D eigenvalue weighted by molar-refractivity contribution is 6.44. The van der Waals surface area contributed by atoms with Gasteiger partial charge in [0.25, 0.3) is 17.6 Å². The van der Waals surface area contributed by atoms with Gasteiger partial charge >= 0.3 is 0 Å². The third-order valence-electron chi connectivity index (χ3n) is 7.56. The van der Waals surface area contributed by atoms with Gasteiger partial charge in [0.2, 0.25) is 5.88 Å². The number of pyridine rings is 1. The van der Waals surface area contributed by atoms with Gasteiger partial charge in [-0.25, -0.2) is 4.39 Å². The number of aromatic amines is 1. The molecular formula is C28H32FN5O4. The van der Waals surface area contributed by atoms with Crippen LogP contribution in [0.15, 0.2) is 36.5 Å². The number of carbonyl (C=O) groups is 3. The summed E-state index contributed by atoms with van der Waals surface area (Å²) < 4.78 is 18.8. The minimum absolute atomic E-state index is 0.0605. The number of fused-ring (bicyclic) bond motifs is 1. The number of benzene rings is 1. The molecule has 5 rings (SSSR count). The number of H-pyrrole nitrogens is 1. The Morgan fingerprint density at radius 1 is 1.05 bits per heavy atom. The predicted octanol–water partition coefficient (Wildman–Crippen LogP) is 3.25. The molecule has 2 aliphatic rings. The zero-order valence-electron chi connectivity index (χ0n) is 21.9. The smallest absolute Gasteiger partial charge is 0.295 e. The fourth-order valence-electron chi connectivity index (χ4n) is 5.39. The van der Waals surface area contributed by atoms with Crippen LogP contribution in [0.5, 0.6) is 5.88 Å². The maximum Gasteiger partial charge on any atom is 0.295 e. The number of carbonyl (C=O) groups excluding carboxylic acids is 3. The van der Waals surface area contributed by atoms with E-state index in [1.807, 2.05) is 6.92 Å². The van der Waals surface area contributed by atoms with Crippen LogP contribution in [0, 0.1) is 5.82 Å². The molecule has 0 bridgehead atoms. The highest BCUT2D eigenvalue weighted by Gasteiger charge is 2.35. The Hall–Kier alpha value is -3.79. The number of hydrogen-bond donors (Lipinski definition) is 1. The Balaban J connectivity index is 1.39. The van der Waals surface area contributed by atoms with Gasteiger partial charge in [-0.2, -0.15) is 4.98 Å². The van der Waals surface area contributed by atoms with Crippen molar-refractivity contribution in [2.45, 2.75) is 45.3 Å². The lowest BCUT2D eigenvalue weighted by Gasteiger charge is -2.44. The quantitative estimate of drug-likeness (QED) is 0.395. The van der Waals surface area contributed by atoms with Crippen LogP contribution >= 0.6 is 0 Å². The van der Waals surface area contributed by atoms with Crippen molar-refractivity contribution in [3.8, 4) is 5.88 Å². The van der Waals surface area contributed by atoms with Gasteiger partial charge in [0.05, 0.1) is 12.7 Å². The van der Waals surface area contributed by atoms with Crippen molar-refractivity contribution in [2.24, 2.45) is 0 Å². The summed E-state index contributed by atoms with van der Waals surface area (Å²) >= 11 is 0. The lowest BCUT2D eigenvalue weighted by molar-refractivity contribution is -0.125. The topological polar surface area (TPSA) is 98.8 Å². The van der Waals surface area contributed by atoms with Gasteiger partial charge < -0.3 is 19.5 Å². The summed E-state index contributed by atoms with van der Waals surface area (Å²) in [5.74, 6) is -1.50. The van der Waals surface area contributed by atoms with Gasteiger partial charge in [-0.3, -0.25) is 19.3 Å². The molecule has 1 aromatic carbocycles. The van der Waals surface area contributed by atoms with Crippen LogP contribution in [0.25, 0.3) is 11.0 Å². The SMILES string of the molecule is COc1nc2[nH]cc(C(=O)C(=O)N3CCCC3)c2cc1C(=O)N1C[C@H](C)N(Cc2ccc(F)cc2)CC1C. The number of Topliss-reactive ketones (excluding diaryl/α,β-unsaturated/α-hetero) is 1. The van der Waals surface area contributed by atoms with E-state index in [1.165, 1.54) is 25.4 Å². The second-order valence-electron chi connectivity index (χ2n) is 10.2. The highest BCUT2D eigenvalue weighted by atomic mass is 19.1. The highest BCUT2D eigenvalue weighted by Crippen LogP contribution is 2.29. The molecule has 2 amide bonds. The van der Waals surface area contributed by atoms with E-state index in [2.05, 4.69) is 21.8 Å². The maximum absolute atomic E-state index is 13.8. The van der Waals surface area contributed by atoms with Gasteiger partial charge in [0.1, 0.15) is 17.0 Å². The summed E-state index contributed by atoms with van der Waals surface area (Å²) in [6, 6.07) is 8.02. The lowest BCUT2D eigenvalue weighted by Crippen LogP contribution is -2.57.